The molecule has 2 aliphatic rings. The van der Waals surface area contributed by atoms with Gasteiger partial charge in [-0.3, -0.25) is 4.98 Å². The Hall–Kier alpha value is -2.01. The van der Waals surface area contributed by atoms with E-state index in [9.17, 15) is 0 Å². The number of nitrogens with zero attached hydrogens (tertiary/aromatic N) is 1. The van der Waals surface area contributed by atoms with Gasteiger partial charge in [0.1, 0.15) is 12.4 Å². The van der Waals surface area contributed by atoms with E-state index in [0.717, 1.165) is 40.6 Å². The number of fused-ring (bicyclic) bond motifs is 3. The Kier molecular flexibility index (Phi) is 5.41. The van der Waals surface area contributed by atoms with Crippen LogP contribution in [-0.4, -0.2) is 31.3 Å². The fourth-order valence-electron chi connectivity index (χ4n) is 3.20. The van der Waals surface area contributed by atoms with Crippen molar-refractivity contribution in [1.82, 2.24) is 4.98 Å². The first-order valence-corrected chi connectivity index (χ1v) is 8.76. The lowest BCUT2D eigenvalue weighted by atomic mass is 9.88. The summed E-state index contributed by atoms with van der Waals surface area (Å²) in [6.07, 6.45) is 6.96. The second-order valence-electron chi connectivity index (χ2n) is 6.68. The van der Waals surface area contributed by atoms with Crippen LogP contribution in [0, 0.1) is 5.92 Å². The van der Waals surface area contributed by atoms with Crippen molar-refractivity contribution in [3.63, 3.8) is 0 Å². The second-order valence-corrected chi connectivity index (χ2v) is 6.68. The van der Waals surface area contributed by atoms with Crippen LogP contribution >= 0.6 is 0 Å². The molecule has 1 aromatic heterocycles. The molecule has 1 saturated carbocycles. The van der Waals surface area contributed by atoms with Gasteiger partial charge < -0.3 is 20.5 Å². The Bertz CT molecular complexity index is 666. The van der Waals surface area contributed by atoms with Crippen molar-refractivity contribution in [2.45, 2.75) is 38.6 Å². The maximum atomic E-state index is 5.70. The summed E-state index contributed by atoms with van der Waals surface area (Å²) in [5, 5.41) is 4.37. The molecule has 5 nitrogen and oxygen atoms in total. The first kappa shape index (κ1) is 16.8. The highest BCUT2D eigenvalue weighted by Gasteiger charge is 2.14. The van der Waals surface area contributed by atoms with E-state index >= 15 is 0 Å². The van der Waals surface area contributed by atoms with Crippen molar-refractivity contribution in [3.8, 4) is 11.5 Å². The van der Waals surface area contributed by atoms with Gasteiger partial charge in [-0.1, -0.05) is 6.92 Å². The van der Waals surface area contributed by atoms with E-state index in [4.69, 9.17) is 15.2 Å². The predicted molar refractivity (Wildman–Crippen MR) is 97.9 cm³/mol. The molecular formula is C19H27N3O2. The molecule has 0 atom stereocenters. The van der Waals surface area contributed by atoms with E-state index < -0.39 is 0 Å². The highest BCUT2D eigenvalue weighted by atomic mass is 16.5. The third kappa shape index (κ3) is 3.90. The molecule has 1 aliphatic heterocycles. The molecule has 0 spiro atoms. The number of ether oxygens (including phenoxy) is 2. The lowest BCUT2D eigenvalue weighted by molar-refractivity contribution is 0.323. The Morgan fingerprint density at radius 2 is 2.04 bits per heavy atom. The SMILES string of the molecule is CC1CCC(N)CC1.COc1ccc2ncc3c(c2c1)NCCO3. The van der Waals surface area contributed by atoms with E-state index in [1.807, 2.05) is 18.2 Å². The number of aromatic nitrogens is 1. The summed E-state index contributed by atoms with van der Waals surface area (Å²) in [5.74, 6) is 2.58. The number of benzene rings is 1. The number of nitrogens with two attached hydrogens (primary N) is 1. The number of nitrogens with one attached hydrogen (secondary N) is 1. The minimum Gasteiger partial charge on any atom is -0.497 e. The van der Waals surface area contributed by atoms with Crippen LogP contribution < -0.4 is 20.5 Å². The fraction of sp³-hybridized carbons (Fsp3) is 0.526. The lowest BCUT2D eigenvalue weighted by Crippen LogP contribution is -2.25. The van der Waals surface area contributed by atoms with E-state index in [-0.39, 0.29) is 0 Å². The van der Waals surface area contributed by atoms with Crippen molar-refractivity contribution in [2.24, 2.45) is 11.7 Å². The summed E-state index contributed by atoms with van der Waals surface area (Å²) < 4.78 is 10.8. The van der Waals surface area contributed by atoms with Crippen LogP contribution in [0.2, 0.25) is 0 Å². The minimum atomic E-state index is 0.520. The molecule has 24 heavy (non-hydrogen) atoms. The van der Waals surface area contributed by atoms with Gasteiger partial charge in [-0.2, -0.15) is 0 Å². The van der Waals surface area contributed by atoms with Gasteiger partial charge >= 0.3 is 0 Å². The Balaban J connectivity index is 0.000000179. The van der Waals surface area contributed by atoms with Gasteiger partial charge in [0.15, 0.2) is 5.75 Å². The fourth-order valence-corrected chi connectivity index (χ4v) is 3.20. The number of methoxy groups -OCH3 is 1. The van der Waals surface area contributed by atoms with Crippen LogP contribution in [0.1, 0.15) is 32.6 Å². The largest absolute Gasteiger partial charge is 0.497 e. The zero-order valence-corrected chi connectivity index (χ0v) is 14.5. The van der Waals surface area contributed by atoms with Crippen molar-refractivity contribution >= 4 is 16.6 Å². The van der Waals surface area contributed by atoms with Gasteiger partial charge in [-0.05, 0) is 49.8 Å². The van der Waals surface area contributed by atoms with Crippen LogP contribution in [0.4, 0.5) is 5.69 Å². The van der Waals surface area contributed by atoms with Gasteiger partial charge in [0.05, 0.1) is 24.5 Å². The Morgan fingerprint density at radius 3 is 2.75 bits per heavy atom. The second kappa shape index (κ2) is 7.71. The van der Waals surface area contributed by atoms with E-state index in [1.165, 1.54) is 25.7 Å². The molecule has 0 amide bonds. The summed E-state index contributed by atoms with van der Waals surface area (Å²) in [6.45, 7) is 3.82. The molecule has 0 bridgehead atoms. The lowest BCUT2D eigenvalue weighted by Gasteiger charge is -2.22. The number of anilines is 1. The van der Waals surface area contributed by atoms with Crippen molar-refractivity contribution < 1.29 is 9.47 Å². The summed E-state index contributed by atoms with van der Waals surface area (Å²) in [7, 11) is 1.66. The first-order valence-electron chi connectivity index (χ1n) is 8.76. The minimum absolute atomic E-state index is 0.520. The van der Waals surface area contributed by atoms with Gasteiger partial charge in [0.25, 0.3) is 0 Å². The summed E-state index contributed by atoms with van der Waals surface area (Å²) in [6, 6.07) is 6.35. The third-order valence-corrected chi connectivity index (χ3v) is 4.76. The van der Waals surface area contributed by atoms with Crippen LogP contribution in [0.5, 0.6) is 11.5 Å². The number of rotatable bonds is 1. The number of pyridine rings is 1. The zero-order chi connectivity index (χ0) is 16.9. The average molecular weight is 329 g/mol. The van der Waals surface area contributed by atoms with Crippen molar-refractivity contribution in [3.05, 3.63) is 24.4 Å². The molecule has 5 heteroatoms. The molecule has 0 saturated heterocycles. The molecule has 0 radical (unpaired) electrons. The van der Waals surface area contributed by atoms with Crippen molar-refractivity contribution in [1.29, 1.82) is 0 Å². The Labute approximate surface area is 143 Å². The Morgan fingerprint density at radius 1 is 1.25 bits per heavy atom. The molecule has 1 aromatic carbocycles. The predicted octanol–water partition coefficient (Wildman–Crippen LogP) is 3.57. The zero-order valence-electron chi connectivity index (χ0n) is 14.5. The van der Waals surface area contributed by atoms with Gasteiger partial charge in [-0.25, -0.2) is 0 Å². The van der Waals surface area contributed by atoms with E-state index in [1.54, 1.807) is 13.3 Å². The molecule has 0 unspecified atom stereocenters. The molecule has 1 fully saturated rings. The van der Waals surface area contributed by atoms with E-state index in [2.05, 4.69) is 17.2 Å². The summed E-state index contributed by atoms with van der Waals surface area (Å²) in [4.78, 5) is 4.35. The average Bonchev–Trinajstić information content (AvgIpc) is 2.64. The molecule has 4 rings (SSSR count). The normalized spacial score (nSPS) is 22.5. The van der Waals surface area contributed by atoms with Crippen LogP contribution in [-0.2, 0) is 0 Å². The summed E-state index contributed by atoms with van der Waals surface area (Å²) >= 11 is 0. The van der Waals surface area contributed by atoms with Crippen LogP contribution in [0.25, 0.3) is 10.9 Å². The molecular weight excluding hydrogens is 302 g/mol. The summed E-state index contributed by atoms with van der Waals surface area (Å²) in [5.41, 5.74) is 7.65. The van der Waals surface area contributed by atoms with Gasteiger partial charge in [0, 0.05) is 18.0 Å². The standard InChI is InChI=1S/C12H12N2O2.C7H15N/c1-15-8-2-3-10-9(6-8)12-11(7-14-10)16-5-4-13-12;1-6-2-4-7(8)5-3-6/h2-3,6-7,13H,4-5H2,1H3;6-7H,2-5,8H2,1H3. The third-order valence-electron chi connectivity index (χ3n) is 4.76. The van der Waals surface area contributed by atoms with E-state index in [0.29, 0.717) is 12.6 Å². The monoisotopic (exact) mass is 329 g/mol. The van der Waals surface area contributed by atoms with Crippen LogP contribution in [0.3, 0.4) is 0 Å². The van der Waals surface area contributed by atoms with Crippen LogP contribution in [0.15, 0.2) is 24.4 Å². The number of hydrogen-bond acceptors (Lipinski definition) is 5. The topological polar surface area (TPSA) is 69.4 Å². The highest BCUT2D eigenvalue weighted by molar-refractivity contribution is 5.95. The van der Waals surface area contributed by atoms with Crippen molar-refractivity contribution in [2.75, 3.05) is 25.6 Å². The van der Waals surface area contributed by atoms with Gasteiger partial charge in [0.2, 0.25) is 0 Å². The highest BCUT2D eigenvalue weighted by Crippen LogP contribution is 2.35. The molecule has 3 N–H and O–H groups in total. The molecule has 130 valence electrons. The molecule has 1 aliphatic carbocycles. The first-order chi connectivity index (χ1) is 11.7. The quantitative estimate of drug-likeness (QED) is 0.837. The molecule has 2 aromatic rings. The molecule has 2 heterocycles. The maximum Gasteiger partial charge on any atom is 0.161 e. The smallest absolute Gasteiger partial charge is 0.161 e. The number of hydrogen-bond donors (Lipinski definition) is 2. The maximum absolute atomic E-state index is 5.70. The van der Waals surface area contributed by atoms with Gasteiger partial charge in [-0.15, -0.1) is 0 Å².